The second kappa shape index (κ2) is 9.58. The maximum absolute atomic E-state index is 12.8. The molecule has 3 rings (SSSR count). The summed E-state index contributed by atoms with van der Waals surface area (Å²) in [5, 5.41) is 7.52. The summed E-state index contributed by atoms with van der Waals surface area (Å²) in [5.74, 6) is 1.29. The molecular formula is C22H30N4O3. The number of aromatic nitrogens is 2. The molecule has 1 aromatic carbocycles. The Hall–Kier alpha value is -2.83. The van der Waals surface area contributed by atoms with Crippen molar-refractivity contribution >= 4 is 11.8 Å². The molecule has 0 radical (unpaired) electrons. The first-order chi connectivity index (χ1) is 14.0. The summed E-state index contributed by atoms with van der Waals surface area (Å²) in [7, 11) is 3.46. The maximum atomic E-state index is 12.8. The molecule has 1 aliphatic heterocycles. The summed E-state index contributed by atoms with van der Waals surface area (Å²) in [5.41, 5.74) is 2.38. The van der Waals surface area contributed by atoms with Crippen LogP contribution >= 0.6 is 0 Å². The van der Waals surface area contributed by atoms with Crippen LogP contribution in [-0.4, -0.2) is 46.7 Å². The molecule has 7 heteroatoms. The monoisotopic (exact) mass is 398 g/mol. The fourth-order valence-corrected chi connectivity index (χ4v) is 3.88. The first-order valence-electron chi connectivity index (χ1n) is 10.2. The van der Waals surface area contributed by atoms with Gasteiger partial charge in [0.25, 0.3) is 5.91 Å². The largest absolute Gasteiger partial charge is 0.496 e. The number of methoxy groups -OCH3 is 1. The number of piperidine rings is 1. The van der Waals surface area contributed by atoms with E-state index >= 15 is 0 Å². The summed E-state index contributed by atoms with van der Waals surface area (Å²) in [4.78, 5) is 26.6. The molecule has 1 fully saturated rings. The van der Waals surface area contributed by atoms with Crippen LogP contribution in [0.5, 0.6) is 5.75 Å². The van der Waals surface area contributed by atoms with Gasteiger partial charge in [-0.3, -0.25) is 14.3 Å². The first kappa shape index (κ1) is 20.9. The predicted molar refractivity (Wildman–Crippen MR) is 111 cm³/mol. The van der Waals surface area contributed by atoms with Crippen LogP contribution in [0.4, 0.5) is 0 Å². The lowest BCUT2D eigenvalue weighted by Gasteiger charge is -2.31. The van der Waals surface area contributed by atoms with E-state index in [0.29, 0.717) is 24.4 Å². The van der Waals surface area contributed by atoms with Gasteiger partial charge in [-0.25, -0.2) is 0 Å². The third-order valence-electron chi connectivity index (χ3n) is 5.53. The van der Waals surface area contributed by atoms with E-state index in [4.69, 9.17) is 4.74 Å². The van der Waals surface area contributed by atoms with Crippen molar-refractivity contribution in [3.05, 3.63) is 47.3 Å². The van der Waals surface area contributed by atoms with Gasteiger partial charge in [-0.05, 0) is 31.2 Å². The molecule has 1 saturated heterocycles. The minimum Gasteiger partial charge on any atom is -0.496 e. The number of carbonyl (C=O) groups is 2. The van der Waals surface area contributed by atoms with E-state index in [9.17, 15) is 9.59 Å². The number of aryl methyl sites for hydroxylation is 1. The Labute approximate surface area is 172 Å². The number of para-hydroxylation sites is 1. The van der Waals surface area contributed by atoms with Gasteiger partial charge in [0.1, 0.15) is 5.75 Å². The standard InChI is InChI=1S/C22H30N4O3/c1-4-21(27)26-11-9-16(10-12-26)13-19-18(15-25(2)24-19)22(28)23-14-17-7-5-6-8-20(17)29-3/h5-8,15-16H,4,9-14H2,1-3H3,(H,23,28). The highest BCUT2D eigenvalue weighted by molar-refractivity contribution is 5.95. The Morgan fingerprint density at radius 1 is 1.24 bits per heavy atom. The summed E-state index contributed by atoms with van der Waals surface area (Å²) in [6.07, 6.45) is 4.99. The number of hydrogen-bond donors (Lipinski definition) is 1. The van der Waals surface area contributed by atoms with Crippen molar-refractivity contribution in [2.75, 3.05) is 20.2 Å². The highest BCUT2D eigenvalue weighted by Crippen LogP contribution is 2.23. The maximum Gasteiger partial charge on any atom is 0.255 e. The molecule has 0 spiro atoms. The number of hydrogen-bond acceptors (Lipinski definition) is 4. The van der Waals surface area contributed by atoms with Crippen molar-refractivity contribution in [2.24, 2.45) is 13.0 Å². The third kappa shape index (κ3) is 5.16. The topological polar surface area (TPSA) is 76.5 Å². The van der Waals surface area contributed by atoms with E-state index in [-0.39, 0.29) is 11.8 Å². The van der Waals surface area contributed by atoms with Crippen LogP contribution in [0.15, 0.2) is 30.5 Å². The quantitative estimate of drug-likeness (QED) is 0.778. The van der Waals surface area contributed by atoms with Crippen LogP contribution in [0.1, 0.15) is 47.8 Å². The van der Waals surface area contributed by atoms with Gasteiger partial charge in [-0.15, -0.1) is 0 Å². The molecule has 1 aromatic heterocycles. The number of nitrogens with one attached hydrogen (secondary N) is 1. The minimum atomic E-state index is -0.127. The zero-order valence-electron chi connectivity index (χ0n) is 17.5. The van der Waals surface area contributed by atoms with Gasteiger partial charge in [0.05, 0.1) is 18.4 Å². The zero-order chi connectivity index (χ0) is 20.8. The van der Waals surface area contributed by atoms with Gasteiger partial charge in [-0.1, -0.05) is 25.1 Å². The van der Waals surface area contributed by atoms with Crippen LogP contribution in [0.25, 0.3) is 0 Å². The number of rotatable bonds is 7. The smallest absolute Gasteiger partial charge is 0.255 e. The Bertz CT molecular complexity index is 853. The molecule has 0 saturated carbocycles. The number of likely N-dealkylation sites (tertiary alicyclic amines) is 1. The van der Waals surface area contributed by atoms with Crippen molar-refractivity contribution in [1.82, 2.24) is 20.0 Å². The lowest BCUT2D eigenvalue weighted by atomic mass is 9.91. The lowest BCUT2D eigenvalue weighted by Crippen LogP contribution is -2.38. The van der Waals surface area contributed by atoms with Gasteiger partial charge < -0.3 is 15.0 Å². The molecule has 2 aromatic rings. The van der Waals surface area contributed by atoms with Gasteiger partial charge in [0.2, 0.25) is 5.91 Å². The number of amides is 2. The highest BCUT2D eigenvalue weighted by Gasteiger charge is 2.25. The second-order valence-electron chi connectivity index (χ2n) is 7.54. The Balaban J connectivity index is 1.61. The molecule has 156 valence electrons. The van der Waals surface area contributed by atoms with Crippen LogP contribution in [0.2, 0.25) is 0 Å². The lowest BCUT2D eigenvalue weighted by molar-refractivity contribution is -0.132. The molecule has 0 bridgehead atoms. The molecule has 2 heterocycles. The molecule has 0 atom stereocenters. The Morgan fingerprint density at radius 2 is 1.97 bits per heavy atom. The van der Waals surface area contributed by atoms with Crippen LogP contribution in [-0.2, 0) is 24.8 Å². The Kier molecular flexibility index (Phi) is 6.90. The highest BCUT2D eigenvalue weighted by atomic mass is 16.5. The number of ether oxygens (including phenoxy) is 1. The van der Waals surface area contributed by atoms with Crippen molar-refractivity contribution in [3.8, 4) is 5.75 Å². The molecular weight excluding hydrogens is 368 g/mol. The molecule has 0 unspecified atom stereocenters. The Morgan fingerprint density at radius 3 is 2.66 bits per heavy atom. The SMILES string of the molecule is CCC(=O)N1CCC(Cc2nn(C)cc2C(=O)NCc2ccccc2OC)CC1. The predicted octanol–water partition coefficient (Wildman–Crippen LogP) is 2.55. The molecule has 29 heavy (non-hydrogen) atoms. The van der Waals surface area contributed by atoms with Crippen molar-refractivity contribution in [1.29, 1.82) is 0 Å². The number of benzene rings is 1. The van der Waals surface area contributed by atoms with E-state index in [1.807, 2.05) is 43.1 Å². The number of carbonyl (C=O) groups excluding carboxylic acids is 2. The van der Waals surface area contributed by atoms with Crippen molar-refractivity contribution in [2.45, 2.75) is 39.2 Å². The average molecular weight is 399 g/mol. The molecule has 1 N–H and O–H groups in total. The fraction of sp³-hybridized carbons (Fsp3) is 0.500. The normalized spacial score (nSPS) is 14.7. The molecule has 1 aliphatic rings. The van der Waals surface area contributed by atoms with Crippen LogP contribution in [0, 0.1) is 5.92 Å². The van der Waals surface area contributed by atoms with Crippen molar-refractivity contribution in [3.63, 3.8) is 0 Å². The molecule has 7 nitrogen and oxygen atoms in total. The minimum absolute atomic E-state index is 0.127. The van der Waals surface area contributed by atoms with Gasteiger partial charge in [0, 0.05) is 44.9 Å². The van der Waals surface area contributed by atoms with Gasteiger partial charge in [0.15, 0.2) is 0 Å². The van der Waals surface area contributed by atoms with Gasteiger partial charge >= 0.3 is 0 Å². The fourth-order valence-electron chi connectivity index (χ4n) is 3.88. The van der Waals surface area contributed by atoms with E-state index in [1.54, 1.807) is 18.0 Å². The molecule has 0 aliphatic carbocycles. The van der Waals surface area contributed by atoms with Crippen LogP contribution < -0.4 is 10.1 Å². The second-order valence-corrected chi connectivity index (χ2v) is 7.54. The summed E-state index contributed by atoms with van der Waals surface area (Å²) in [6.45, 7) is 3.88. The van der Waals surface area contributed by atoms with Crippen molar-refractivity contribution < 1.29 is 14.3 Å². The summed E-state index contributed by atoms with van der Waals surface area (Å²) in [6, 6.07) is 7.65. The average Bonchev–Trinajstić information content (AvgIpc) is 3.12. The van der Waals surface area contributed by atoms with E-state index in [0.717, 1.165) is 49.4 Å². The van der Waals surface area contributed by atoms with E-state index in [2.05, 4.69) is 10.4 Å². The first-order valence-corrected chi connectivity index (χ1v) is 10.2. The number of nitrogens with zero attached hydrogens (tertiary/aromatic N) is 3. The van der Waals surface area contributed by atoms with E-state index < -0.39 is 0 Å². The summed E-state index contributed by atoms with van der Waals surface area (Å²) < 4.78 is 7.05. The van der Waals surface area contributed by atoms with Gasteiger partial charge in [-0.2, -0.15) is 5.10 Å². The van der Waals surface area contributed by atoms with Crippen LogP contribution in [0.3, 0.4) is 0 Å². The van der Waals surface area contributed by atoms with E-state index in [1.165, 1.54) is 0 Å². The molecule has 2 amide bonds. The zero-order valence-corrected chi connectivity index (χ0v) is 17.5. The third-order valence-corrected chi connectivity index (χ3v) is 5.53. The summed E-state index contributed by atoms with van der Waals surface area (Å²) >= 11 is 0.